The number of benzene rings is 1. The second kappa shape index (κ2) is 6.10. The zero-order valence-electron chi connectivity index (χ0n) is 11.1. The number of furan rings is 1. The van der Waals surface area contributed by atoms with Crippen molar-refractivity contribution in [1.82, 2.24) is 0 Å². The van der Waals surface area contributed by atoms with Crippen LogP contribution in [0, 0.1) is 0 Å². The maximum atomic E-state index is 12.2. The lowest BCUT2D eigenvalue weighted by atomic mass is 10.1. The average molecular weight is 315 g/mol. The van der Waals surface area contributed by atoms with Crippen molar-refractivity contribution in [2.24, 2.45) is 5.73 Å². The number of alkyl halides is 3. The van der Waals surface area contributed by atoms with Gasteiger partial charge in [-0.25, -0.2) is 0 Å². The van der Waals surface area contributed by atoms with Gasteiger partial charge in [-0.2, -0.15) is 0 Å². The molecule has 118 valence electrons. The number of rotatable bonds is 5. The molecule has 0 fully saturated rings. The van der Waals surface area contributed by atoms with Gasteiger partial charge in [0.05, 0.1) is 12.5 Å². The van der Waals surface area contributed by atoms with Gasteiger partial charge in [-0.05, 0) is 24.3 Å². The maximum absolute atomic E-state index is 12.2. The molecule has 22 heavy (non-hydrogen) atoms. The molecule has 2 rings (SSSR count). The molecular formula is C14H12F3NO4. The largest absolute Gasteiger partial charge is 0.573 e. The Kier molecular flexibility index (Phi) is 4.41. The Morgan fingerprint density at radius 1 is 1.32 bits per heavy atom. The van der Waals surface area contributed by atoms with Gasteiger partial charge in [0.15, 0.2) is 0 Å². The Balaban J connectivity index is 2.20. The van der Waals surface area contributed by atoms with E-state index >= 15 is 0 Å². The summed E-state index contributed by atoms with van der Waals surface area (Å²) >= 11 is 0. The number of carboxylic acid groups (broad SMARTS) is 1. The van der Waals surface area contributed by atoms with Crippen LogP contribution in [0.5, 0.6) is 5.75 Å². The minimum Gasteiger partial charge on any atom is -0.481 e. The number of hydrogen-bond acceptors (Lipinski definition) is 4. The van der Waals surface area contributed by atoms with Gasteiger partial charge >= 0.3 is 12.3 Å². The molecule has 1 unspecified atom stereocenters. The van der Waals surface area contributed by atoms with Crippen LogP contribution in [-0.2, 0) is 4.79 Å². The van der Waals surface area contributed by atoms with Crippen molar-refractivity contribution in [3.05, 3.63) is 42.2 Å². The fourth-order valence-corrected chi connectivity index (χ4v) is 1.84. The molecule has 2 aromatic rings. The second-order valence-corrected chi connectivity index (χ2v) is 4.48. The van der Waals surface area contributed by atoms with E-state index in [2.05, 4.69) is 4.74 Å². The van der Waals surface area contributed by atoms with Crippen molar-refractivity contribution in [2.75, 3.05) is 0 Å². The number of halogens is 3. The summed E-state index contributed by atoms with van der Waals surface area (Å²) in [6.07, 6.45) is -5.10. The van der Waals surface area contributed by atoms with E-state index in [0.29, 0.717) is 5.56 Å². The first kappa shape index (κ1) is 15.9. The lowest BCUT2D eigenvalue weighted by Crippen LogP contribution is -2.17. The van der Waals surface area contributed by atoms with E-state index in [4.69, 9.17) is 15.3 Å². The first-order chi connectivity index (χ1) is 10.2. The van der Waals surface area contributed by atoms with E-state index in [1.54, 1.807) is 0 Å². The average Bonchev–Trinajstić information content (AvgIpc) is 2.85. The molecule has 8 heteroatoms. The summed E-state index contributed by atoms with van der Waals surface area (Å²) in [6.45, 7) is 0. The molecule has 0 aliphatic carbocycles. The highest BCUT2D eigenvalue weighted by atomic mass is 19.4. The number of ether oxygens (including phenoxy) is 1. The monoisotopic (exact) mass is 315 g/mol. The quantitative estimate of drug-likeness (QED) is 0.884. The SMILES string of the molecule is NC(CC(=O)O)c1ccc(-c2cccc(OC(F)(F)F)c2)o1. The Hall–Kier alpha value is -2.48. The summed E-state index contributed by atoms with van der Waals surface area (Å²) < 4.78 is 45.8. The van der Waals surface area contributed by atoms with Crippen LogP contribution in [0.1, 0.15) is 18.2 Å². The van der Waals surface area contributed by atoms with Crippen LogP contribution >= 0.6 is 0 Å². The van der Waals surface area contributed by atoms with E-state index in [1.165, 1.54) is 30.3 Å². The zero-order chi connectivity index (χ0) is 16.3. The van der Waals surface area contributed by atoms with E-state index < -0.39 is 18.4 Å². The van der Waals surface area contributed by atoms with Gasteiger partial charge in [0, 0.05) is 5.56 Å². The molecule has 1 aromatic heterocycles. The molecule has 0 bridgehead atoms. The third kappa shape index (κ3) is 4.26. The molecule has 0 amide bonds. The lowest BCUT2D eigenvalue weighted by Gasteiger charge is -2.09. The van der Waals surface area contributed by atoms with E-state index in [1.807, 2.05) is 0 Å². The summed E-state index contributed by atoms with van der Waals surface area (Å²) in [5.74, 6) is -0.952. The minimum atomic E-state index is -4.78. The number of carbonyl (C=O) groups is 1. The Morgan fingerprint density at radius 2 is 2.05 bits per heavy atom. The van der Waals surface area contributed by atoms with Gasteiger partial charge in [-0.3, -0.25) is 4.79 Å². The Labute approximate surface area is 123 Å². The highest BCUT2D eigenvalue weighted by Crippen LogP contribution is 2.30. The molecule has 0 aliphatic heterocycles. The fraction of sp³-hybridized carbons (Fsp3) is 0.214. The molecule has 0 saturated heterocycles. The summed E-state index contributed by atoms with van der Waals surface area (Å²) in [5, 5.41) is 8.67. The van der Waals surface area contributed by atoms with Gasteiger partial charge in [0.25, 0.3) is 0 Å². The third-order valence-corrected chi connectivity index (χ3v) is 2.74. The standard InChI is InChI=1S/C14H12F3NO4/c15-14(16,17)22-9-3-1-2-8(6-9)11-4-5-12(21-11)10(18)7-13(19)20/h1-6,10H,7,18H2,(H,19,20). The fourth-order valence-electron chi connectivity index (χ4n) is 1.84. The summed E-state index contributed by atoms with van der Waals surface area (Å²) in [5.41, 5.74) is 6.01. The van der Waals surface area contributed by atoms with Crippen LogP contribution in [0.15, 0.2) is 40.8 Å². The van der Waals surface area contributed by atoms with Crippen LogP contribution in [0.25, 0.3) is 11.3 Å². The first-order valence-corrected chi connectivity index (χ1v) is 6.18. The minimum absolute atomic E-state index is 0.236. The second-order valence-electron chi connectivity index (χ2n) is 4.48. The van der Waals surface area contributed by atoms with E-state index in [-0.39, 0.29) is 23.7 Å². The highest BCUT2D eigenvalue weighted by Gasteiger charge is 2.31. The van der Waals surface area contributed by atoms with Gasteiger partial charge in [-0.1, -0.05) is 12.1 Å². The molecular weight excluding hydrogens is 303 g/mol. The molecule has 5 nitrogen and oxygen atoms in total. The van der Waals surface area contributed by atoms with Crippen LogP contribution in [0.3, 0.4) is 0 Å². The molecule has 0 saturated carbocycles. The lowest BCUT2D eigenvalue weighted by molar-refractivity contribution is -0.274. The van der Waals surface area contributed by atoms with Crippen molar-refractivity contribution in [3.8, 4) is 17.1 Å². The van der Waals surface area contributed by atoms with Gasteiger partial charge in [0.2, 0.25) is 0 Å². The molecule has 0 aliphatic rings. The van der Waals surface area contributed by atoms with Crippen LogP contribution in [-0.4, -0.2) is 17.4 Å². The van der Waals surface area contributed by atoms with Crippen molar-refractivity contribution >= 4 is 5.97 Å². The third-order valence-electron chi connectivity index (χ3n) is 2.74. The Morgan fingerprint density at radius 3 is 2.68 bits per heavy atom. The van der Waals surface area contributed by atoms with Crippen LogP contribution in [0.4, 0.5) is 13.2 Å². The van der Waals surface area contributed by atoms with Crippen molar-refractivity contribution in [1.29, 1.82) is 0 Å². The van der Waals surface area contributed by atoms with Gasteiger partial charge < -0.3 is 20.0 Å². The van der Waals surface area contributed by atoms with Crippen molar-refractivity contribution < 1.29 is 32.2 Å². The summed E-state index contributed by atoms with van der Waals surface area (Å²) in [4.78, 5) is 10.6. The molecule has 1 aromatic carbocycles. The van der Waals surface area contributed by atoms with Gasteiger partial charge in [-0.15, -0.1) is 13.2 Å². The molecule has 1 atom stereocenters. The van der Waals surface area contributed by atoms with Gasteiger partial charge in [0.1, 0.15) is 17.3 Å². The number of carboxylic acids is 1. The smallest absolute Gasteiger partial charge is 0.481 e. The van der Waals surface area contributed by atoms with Crippen LogP contribution in [0.2, 0.25) is 0 Å². The topological polar surface area (TPSA) is 85.7 Å². The number of hydrogen-bond donors (Lipinski definition) is 2. The summed E-state index contributed by atoms with van der Waals surface area (Å²) in [6, 6.07) is 7.41. The maximum Gasteiger partial charge on any atom is 0.573 e. The summed E-state index contributed by atoms with van der Waals surface area (Å²) in [7, 11) is 0. The molecule has 1 heterocycles. The van der Waals surface area contributed by atoms with E-state index in [0.717, 1.165) is 6.07 Å². The first-order valence-electron chi connectivity index (χ1n) is 6.18. The van der Waals surface area contributed by atoms with E-state index in [9.17, 15) is 18.0 Å². The molecule has 3 N–H and O–H groups in total. The Bertz CT molecular complexity index is 666. The van der Waals surface area contributed by atoms with Crippen molar-refractivity contribution in [2.45, 2.75) is 18.8 Å². The molecule has 0 radical (unpaired) electrons. The predicted molar refractivity (Wildman–Crippen MR) is 70.0 cm³/mol. The number of nitrogens with two attached hydrogens (primary N) is 1. The highest BCUT2D eigenvalue weighted by molar-refractivity contribution is 5.68. The zero-order valence-corrected chi connectivity index (χ0v) is 11.1. The molecule has 0 spiro atoms. The predicted octanol–water partition coefficient (Wildman–Crippen LogP) is 3.32. The number of aliphatic carboxylic acids is 1. The van der Waals surface area contributed by atoms with Crippen molar-refractivity contribution in [3.63, 3.8) is 0 Å². The van der Waals surface area contributed by atoms with Crippen LogP contribution < -0.4 is 10.5 Å². The normalized spacial score (nSPS) is 12.9.